The van der Waals surface area contributed by atoms with Gasteiger partial charge in [-0.15, -0.1) is 0 Å². The van der Waals surface area contributed by atoms with Crippen molar-refractivity contribution < 1.29 is 9.22 Å². The molecule has 0 bridgehead atoms. The van der Waals surface area contributed by atoms with E-state index in [4.69, 9.17) is 16.0 Å². The van der Waals surface area contributed by atoms with Crippen LogP contribution in [-0.2, 0) is 9.22 Å². The zero-order chi connectivity index (χ0) is 27.5. The van der Waals surface area contributed by atoms with Crippen molar-refractivity contribution in [3.63, 3.8) is 0 Å². The molecule has 0 spiro atoms. The molecule has 1 aliphatic carbocycles. The van der Waals surface area contributed by atoms with Crippen LogP contribution in [0, 0.1) is 11.8 Å². The first-order valence-electron chi connectivity index (χ1n) is 13.3. The molecule has 0 unspecified atom stereocenters. The van der Waals surface area contributed by atoms with Gasteiger partial charge in [-0.2, -0.15) is 0 Å². The minimum atomic E-state index is -2.61. The van der Waals surface area contributed by atoms with Crippen molar-refractivity contribution in [1.29, 1.82) is 0 Å². The van der Waals surface area contributed by atoms with Crippen molar-refractivity contribution in [2.24, 2.45) is 11.8 Å². The van der Waals surface area contributed by atoms with Crippen LogP contribution >= 0.6 is 11.6 Å². The van der Waals surface area contributed by atoms with Crippen LogP contribution in [0.15, 0.2) is 97.2 Å². The highest BCUT2D eigenvalue weighted by Crippen LogP contribution is 2.48. The molecule has 198 valence electrons. The van der Waals surface area contributed by atoms with Crippen molar-refractivity contribution in [1.82, 2.24) is 0 Å². The van der Waals surface area contributed by atoms with E-state index in [2.05, 4.69) is 94.1 Å². The maximum absolute atomic E-state index is 12.9. The summed E-state index contributed by atoms with van der Waals surface area (Å²) in [5.74, 6) is 0.557. The Kier molecular flexibility index (Phi) is 8.46. The molecule has 3 aromatic rings. The number of nitrogens with zero attached hydrogens (tertiary/aromatic N) is 1. The number of halogens is 1. The molecule has 4 rings (SSSR count). The third-order valence-corrected chi connectivity index (χ3v) is 12.8. The van der Waals surface area contributed by atoms with Gasteiger partial charge in [0, 0.05) is 30.2 Å². The summed E-state index contributed by atoms with van der Waals surface area (Å²) in [4.78, 5) is 14.8. The summed E-state index contributed by atoms with van der Waals surface area (Å²) in [5.41, 5.74) is 2.66. The van der Waals surface area contributed by atoms with Crippen LogP contribution in [0.25, 0.3) is 6.08 Å². The highest BCUT2D eigenvalue weighted by atomic mass is 35.5. The van der Waals surface area contributed by atoms with Crippen molar-refractivity contribution >= 4 is 48.0 Å². The number of hydrogen-bond acceptors (Lipinski definition) is 2. The zero-order valence-corrected chi connectivity index (χ0v) is 24.8. The van der Waals surface area contributed by atoms with Gasteiger partial charge in [0.2, 0.25) is 5.91 Å². The number of anilines is 1. The van der Waals surface area contributed by atoms with Gasteiger partial charge in [0.25, 0.3) is 8.32 Å². The van der Waals surface area contributed by atoms with E-state index in [1.807, 2.05) is 30.0 Å². The minimum absolute atomic E-state index is 0.0259. The quantitative estimate of drug-likeness (QED) is 0.262. The maximum atomic E-state index is 12.9. The lowest BCUT2D eigenvalue weighted by Crippen LogP contribution is -2.66. The van der Waals surface area contributed by atoms with E-state index in [-0.39, 0.29) is 16.9 Å². The van der Waals surface area contributed by atoms with Crippen LogP contribution in [0.3, 0.4) is 0 Å². The van der Waals surface area contributed by atoms with E-state index >= 15 is 0 Å². The monoisotopic (exact) mass is 543 g/mol. The highest BCUT2D eigenvalue weighted by Gasteiger charge is 2.52. The van der Waals surface area contributed by atoms with Gasteiger partial charge in [0.05, 0.1) is 5.69 Å². The summed E-state index contributed by atoms with van der Waals surface area (Å²) in [6.45, 7) is 15.1. The fraction of sp³-hybridized carbons (Fsp3) is 0.303. The summed E-state index contributed by atoms with van der Waals surface area (Å²) in [6.07, 6.45) is 4.80. The van der Waals surface area contributed by atoms with Crippen LogP contribution in [-0.4, -0.2) is 20.8 Å². The van der Waals surface area contributed by atoms with Crippen LogP contribution < -0.4 is 15.3 Å². The molecule has 2 atom stereocenters. The molecule has 0 saturated heterocycles. The molecular formula is C33H38ClNO2Si. The first-order chi connectivity index (χ1) is 18.1. The van der Waals surface area contributed by atoms with Crippen molar-refractivity contribution in [3.05, 3.63) is 108 Å². The van der Waals surface area contributed by atoms with Gasteiger partial charge in [-0.05, 0) is 58.4 Å². The SMILES string of the molecule is C=Cc1cc(Cl)ccc1N(C(C)=O)/C(=C/C)[C@@H]1C[C@H]1CO[Si](c1ccccc1)(c1ccccc1)C(C)(C)C. The standard InChI is InChI=1S/C33H38ClNO2Si/c1-7-25-21-27(34)19-20-32(25)35(24(3)36)31(8-2)30-22-26(30)23-37-38(33(4,5)6,28-15-11-9-12-16-28)29-17-13-10-14-18-29/h7-21,26,30H,1,22-23H2,2-6H3/b31-8+/t26-,30+/m0/s1. The van der Waals surface area contributed by atoms with Gasteiger partial charge in [-0.25, -0.2) is 0 Å². The smallest absolute Gasteiger partial charge is 0.261 e. The summed E-state index contributed by atoms with van der Waals surface area (Å²) >= 11 is 6.23. The van der Waals surface area contributed by atoms with E-state index < -0.39 is 8.32 Å². The Balaban J connectivity index is 1.64. The zero-order valence-electron chi connectivity index (χ0n) is 23.1. The molecule has 0 aliphatic heterocycles. The Labute approximate surface area is 233 Å². The average molecular weight is 544 g/mol. The molecule has 0 radical (unpaired) electrons. The normalized spacial score (nSPS) is 17.7. The van der Waals surface area contributed by atoms with E-state index in [1.165, 1.54) is 10.4 Å². The maximum Gasteiger partial charge on any atom is 0.261 e. The predicted octanol–water partition coefficient (Wildman–Crippen LogP) is 7.45. The second-order valence-electron chi connectivity index (χ2n) is 11.1. The lowest BCUT2D eigenvalue weighted by molar-refractivity contribution is -0.116. The number of hydrogen-bond donors (Lipinski definition) is 0. The van der Waals surface area contributed by atoms with Crippen molar-refractivity contribution in [2.75, 3.05) is 11.5 Å². The fourth-order valence-electron chi connectivity index (χ4n) is 5.68. The Bertz CT molecular complexity index is 1270. The molecular weight excluding hydrogens is 506 g/mol. The number of allylic oxidation sites excluding steroid dienone is 2. The summed E-state index contributed by atoms with van der Waals surface area (Å²) < 4.78 is 7.20. The fourth-order valence-corrected chi connectivity index (χ4v) is 10.5. The Morgan fingerprint density at radius 1 is 1.05 bits per heavy atom. The topological polar surface area (TPSA) is 29.5 Å². The third-order valence-electron chi connectivity index (χ3n) is 7.55. The van der Waals surface area contributed by atoms with Gasteiger partial charge >= 0.3 is 0 Å². The van der Waals surface area contributed by atoms with Crippen LogP contribution in [0.2, 0.25) is 10.1 Å². The molecule has 1 amide bonds. The lowest BCUT2D eigenvalue weighted by Gasteiger charge is -2.43. The van der Waals surface area contributed by atoms with E-state index in [9.17, 15) is 4.79 Å². The lowest BCUT2D eigenvalue weighted by atomic mass is 10.1. The molecule has 1 aliphatic rings. The molecule has 38 heavy (non-hydrogen) atoms. The van der Waals surface area contributed by atoms with Crippen molar-refractivity contribution in [2.45, 2.75) is 46.1 Å². The summed E-state index contributed by atoms with van der Waals surface area (Å²) in [7, 11) is -2.61. The number of benzene rings is 3. The third kappa shape index (κ3) is 5.44. The minimum Gasteiger partial charge on any atom is -0.407 e. The molecule has 1 saturated carbocycles. The van der Waals surface area contributed by atoms with Crippen LogP contribution in [0.5, 0.6) is 0 Å². The molecule has 0 aromatic heterocycles. The number of amides is 1. The molecule has 5 heteroatoms. The highest BCUT2D eigenvalue weighted by molar-refractivity contribution is 6.99. The Morgan fingerprint density at radius 2 is 1.63 bits per heavy atom. The van der Waals surface area contributed by atoms with E-state index in [0.29, 0.717) is 17.5 Å². The Hall–Kier alpha value is -2.92. The molecule has 3 nitrogen and oxygen atoms in total. The number of carbonyl (C=O) groups excluding carboxylic acids is 1. The summed E-state index contributed by atoms with van der Waals surface area (Å²) in [5, 5.41) is 3.11. The van der Waals surface area contributed by atoms with Gasteiger partial charge in [-0.3, -0.25) is 9.69 Å². The Morgan fingerprint density at radius 3 is 2.11 bits per heavy atom. The predicted molar refractivity (Wildman–Crippen MR) is 164 cm³/mol. The van der Waals surface area contributed by atoms with E-state index in [0.717, 1.165) is 23.4 Å². The first kappa shape index (κ1) is 28.1. The van der Waals surface area contributed by atoms with Gasteiger partial charge < -0.3 is 4.43 Å². The van der Waals surface area contributed by atoms with Gasteiger partial charge in [0.15, 0.2) is 0 Å². The molecule has 1 fully saturated rings. The van der Waals surface area contributed by atoms with Crippen molar-refractivity contribution in [3.8, 4) is 0 Å². The van der Waals surface area contributed by atoms with Gasteiger partial charge in [-0.1, -0.05) is 112 Å². The molecule has 0 heterocycles. The van der Waals surface area contributed by atoms with Crippen LogP contribution in [0.4, 0.5) is 5.69 Å². The van der Waals surface area contributed by atoms with E-state index in [1.54, 1.807) is 13.0 Å². The molecule has 0 N–H and O–H groups in total. The number of carbonyl (C=O) groups is 1. The van der Waals surface area contributed by atoms with Gasteiger partial charge in [0.1, 0.15) is 0 Å². The number of rotatable bonds is 9. The molecule has 3 aromatic carbocycles. The largest absolute Gasteiger partial charge is 0.407 e. The average Bonchev–Trinajstić information content (AvgIpc) is 3.67. The first-order valence-corrected chi connectivity index (χ1v) is 15.6. The van der Waals surface area contributed by atoms with Crippen LogP contribution in [0.1, 0.15) is 46.6 Å². The summed E-state index contributed by atoms with van der Waals surface area (Å²) in [6, 6.07) is 27.0. The second-order valence-corrected chi connectivity index (χ2v) is 15.8. The second kappa shape index (κ2) is 11.4.